The maximum absolute atomic E-state index is 13.6. The van der Waals surface area contributed by atoms with E-state index in [2.05, 4.69) is 5.32 Å². The maximum atomic E-state index is 13.6. The second-order valence-electron chi connectivity index (χ2n) is 9.23. The Balaban J connectivity index is 2.44. The summed E-state index contributed by atoms with van der Waals surface area (Å²) < 4.78 is 32.1. The number of para-hydroxylation sites is 2. The molecule has 0 bridgehead atoms. The molecule has 1 atom stereocenters. The molecule has 0 aliphatic carbocycles. The summed E-state index contributed by atoms with van der Waals surface area (Å²) in [5.41, 5.74) is 0.498. The van der Waals surface area contributed by atoms with Crippen LogP contribution in [-0.2, 0) is 26.2 Å². The van der Waals surface area contributed by atoms with E-state index in [1.54, 1.807) is 62.4 Å². The van der Waals surface area contributed by atoms with Gasteiger partial charge < -0.3 is 15.0 Å². The van der Waals surface area contributed by atoms with Gasteiger partial charge in [0.25, 0.3) is 0 Å². The molecule has 0 spiro atoms. The predicted octanol–water partition coefficient (Wildman–Crippen LogP) is 3.84. The smallest absolute Gasteiger partial charge is 0.244 e. The first-order valence-electron chi connectivity index (χ1n) is 11.3. The van der Waals surface area contributed by atoms with Gasteiger partial charge in [-0.1, -0.05) is 35.9 Å². The van der Waals surface area contributed by atoms with Crippen molar-refractivity contribution in [3.8, 4) is 5.75 Å². The molecule has 8 nitrogen and oxygen atoms in total. The number of amides is 2. The van der Waals surface area contributed by atoms with Gasteiger partial charge in [-0.15, -0.1) is 0 Å². The minimum Gasteiger partial charge on any atom is -0.492 e. The highest BCUT2D eigenvalue weighted by Crippen LogP contribution is 2.30. The average molecular weight is 524 g/mol. The highest BCUT2D eigenvalue weighted by molar-refractivity contribution is 7.92. The van der Waals surface area contributed by atoms with Crippen LogP contribution in [0.2, 0.25) is 5.02 Å². The van der Waals surface area contributed by atoms with Crippen molar-refractivity contribution in [3.63, 3.8) is 0 Å². The quantitative estimate of drug-likeness (QED) is 0.510. The molecule has 0 aliphatic rings. The van der Waals surface area contributed by atoms with Gasteiger partial charge in [0, 0.05) is 17.1 Å². The van der Waals surface area contributed by atoms with E-state index in [9.17, 15) is 18.0 Å². The Bertz CT molecular complexity index is 1130. The molecule has 1 N–H and O–H groups in total. The molecule has 35 heavy (non-hydrogen) atoms. The fraction of sp³-hybridized carbons (Fsp3) is 0.440. The van der Waals surface area contributed by atoms with Gasteiger partial charge in [-0.25, -0.2) is 8.42 Å². The number of benzene rings is 2. The van der Waals surface area contributed by atoms with Crippen LogP contribution in [0.5, 0.6) is 5.75 Å². The number of nitrogens with one attached hydrogen (secondary N) is 1. The fourth-order valence-electron chi connectivity index (χ4n) is 3.38. The summed E-state index contributed by atoms with van der Waals surface area (Å²) in [6, 6.07) is 12.7. The summed E-state index contributed by atoms with van der Waals surface area (Å²) in [7, 11) is -3.85. The third-order valence-electron chi connectivity index (χ3n) is 5.04. The van der Waals surface area contributed by atoms with Crippen LogP contribution in [-0.4, -0.2) is 56.1 Å². The highest BCUT2D eigenvalue weighted by atomic mass is 35.5. The van der Waals surface area contributed by atoms with Crippen LogP contribution in [0, 0.1) is 0 Å². The van der Waals surface area contributed by atoms with E-state index in [0.717, 1.165) is 16.1 Å². The van der Waals surface area contributed by atoms with Crippen LogP contribution in [0.3, 0.4) is 0 Å². The lowest BCUT2D eigenvalue weighted by molar-refractivity contribution is -0.140. The largest absolute Gasteiger partial charge is 0.492 e. The van der Waals surface area contributed by atoms with Crippen molar-refractivity contribution in [3.05, 3.63) is 59.1 Å². The molecule has 0 saturated carbocycles. The third-order valence-corrected chi connectivity index (χ3v) is 6.42. The Morgan fingerprint density at radius 3 is 2.23 bits per heavy atom. The molecule has 2 aromatic rings. The van der Waals surface area contributed by atoms with Crippen molar-refractivity contribution >= 4 is 39.1 Å². The Kier molecular flexibility index (Phi) is 9.57. The maximum Gasteiger partial charge on any atom is 0.244 e. The van der Waals surface area contributed by atoms with Crippen molar-refractivity contribution in [1.29, 1.82) is 0 Å². The Morgan fingerprint density at radius 1 is 1.09 bits per heavy atom. The normalized spacial score (nSPS) is 12.5. The van der Waals surface area contributed by atoms with Crippen LogP contribution >= 0.6 is 11.6 Å². The zero-order valence-corrected chi connectivity index (χ0v) is 22.6. The van der Waals surface area contributed by atoms with E-state index < -0.39 is 34.1 Å². The number of sulfonamides is 1. The highest BCUT2D eigenvalue weighted by Gasteiger charge is 2.32. The van der Waals surface area contributed by atoms with Crippen molar-refractivity contribution in [2.75, 3.05) is 23.7 Å². The number of carbonyl (C=O) groups is 2. The number of rotatable bonds is 10. The minimum atomic E-state index is -3.85. The van der Waals surface area contributed by atoms with Crippen LogP contribution in [0.4, 0.5) is 5.69 Å². The van der Waals surface area contributed by atoms with Gasteiger partial charge in [-0.05, 0) is 64.4 Å². The van der Waals surface area contributed by atoms with E-state index in [0.29, 0.717) is 17.4 Å². The van der Waals surface area contributed by atoms with Crippen LogP contribution < -0.4 is 14.4 Å². The number of ether oxygens (including phenoxy) is 1. The first-order valence-corrected chi connectivity index (χ1v) is 13.5. The molecule has 2 rings (SSSR count). The molecule has 192 valence electrons. The Labute approximate surface area is 213 Å². The summed E-state index contributed by atoms with van der Waals surface area (Å²) in [5.74, 6) is -0.537. The van der Waals surface area contributed by atoms with Crippen LogP contribution in [0.15, 0.2) is 48.5 Å². The van der Waals surface area contributed by atoms with E-state index >= 15 is 0 Å². The zero-order chi connectivity index (χ0) is 26.4. The van der Waals surface area contributed by atoms with E-state index in [1.165, 1.54) is 4.90 Å². The molecule has 0 radical (unpaired) electrons. The predicted molar refractivity (Wildman–Crippen MR) is 139 cm³/mol. The van der Waals surface area contributed by atoms with Gasteiger partial charge in [0.2, 0.25) is 21.8 Å². The second-order valence-corrected chi connectivity index (χ2v) is 11.6. The molecule has 0 heterocycles. The molecule has 1 unspecified atom stereocenters. The summed E-state index contributed by atoms with van der Waals surface area (Å²) in [6.07, 6.45) is 1.03. The average Bonchev–Trinajstić information content (AvgIpc) is 2.75. The number of nitrogens with zero attached hydrogens (tertiary/aromatic N) is 2. The second kappa shape index (κ2) is 11.8. The van der Waals surface area contributed by atoms with E-state index in [-0.39, 0.29) is 18.1 Å². The number of carbonyl (C=O) groups excluding carboxylic acids is 2. The SMILES string of the molecule is CCOc1ccccc1N(CC(=O)N(Cc1ccc(Cl)cc1)C(C)C(=O)NC(C)(C)C)S(C)(=O)=O. The zero-order valence-electron chi connectivity index (χ0n) is 21.0. The van der Waals surface area contributed by atoms with Gasteiger partial charge in [0.1, 0.15) is 18.3 Å². The Hall–Kier alpha value is -2.78. The molecular formula is C25H34ClN3O5S. The van der Waals surface area contributed by atoms with Crippen molar-refractivity contribution < 1.29 is 22.7 Å². The molecule has 0 aromatic heterocycles. The summed E-state index contributed by atoms with van der Waals surface area (Å²) in [4.78, 5) is 27.9. The molecule has 2 amide bonds. The number of hydrogen-bond donors (Lipinski definition) is 1. The molecule has 0 fully saturated rings. The molecule has 10 heteroatoms. The topological polar surface area (TPSA) is 96.0 Å². The van der Waals surface area contributed by atoms with Crippen molar-refractivity contribution in [1.82, 2.24) is 10.2 Å². The first-order chi connectivity index (χ1) is 16.2. The van der Waals surface area contributed by atoms with Gasteiger partial charge in [0.05, 0.1) is 18.6 Å². The van der Waals surface area contributed by atoms with Gasteiger partial charge >= 0.3 is 0 Å². The molecule has 0 aliphatic heterocycles. The monoisotopic (exact) mass is 523 g/mol. The van der Waals surface area contributed by atoms with E-state index in [1.807, 2.05) is 20.8 Å². The lowest BCUT2D eigenvalue weighted by Crippen LogP contribution is -2.54. The summed E-state index contributed by atoms with van der Waals surface area (Å²) in [6.45, 7) is 8.87. The number of anilines is 1. The fourth-order valence-corrected chi connectivity index (χ4v) is 4.36. The lowest BCUT2D eigenvalue weighted by Gasteiger charge is -2.33. The Morgan fingerprint density at radius 2 is 1.69 bits per heavy atom. The van der Waals surface area contributed by atoms with Crippen molar-refractivity contribution in [2.24, 2.45) is 0 Å². The van der Waals surface area contributed by atoms with E-state index in [4.69, 9.17) is 16.3 Å². The van der Waals surface area contributed by atoms with Gasteiger partial charge in [-0.2, -0.15) is 0 Å². The standard InChI is InChI=1S/C25H34ClN3O5S/c1-7-34-22-11-9-8-10-21(22)29(35(6,32)33)17-23(30)28(16-19-12-14-20(26)15-13-19)18(2)24(31)27-25(3,4)5/h8-15,18H,7,16-17H2,1-6H3,(H,27,31). The minimum absolute atomic E-state index is 0.0967. The number of halogens is 1. The van der Waals surface area contributed by atoms with Crippen molar-refractivity contribution in [2.45, 2.75) is 52.7 Å². The van der Waals surface area contributed by atoms with Gasteiger partial charge in [0.15, 0.2) is 0 Å². The number of hydrogen-bond acceptors (Lipinski definition) is 5. The van der Waals surface area contributed by atoms with Gasteiger partial charge in [-0.3, -0.25) is 13.9 Å². The molecular weight excluding hydrogens is 490 g/mol. The summed E-state index contributed by atoms with van der Waals surface area (Å²) >= 11 is 5.99. The third kappa shape index (κ3) is 8.43. The van der Waals surface area contributed by atoms with Crippen LogP contribution in [0.1, 0.15) is 40.2 Å². The molecule has 0 saturated heterocycles. The van der Waals surface area contributed by atoms with Crippen LogP contribution in [0.25, 0.3) is 0 Å². The first kappa shape index (κ1) is 28.5. The lowest BCUT2D eigenvalue weighted by atomic mass is 10.1. The molecule has 2 aromatic carbocycles. The summed E-state index contributed by atoms with van der Waals surface area (Å²) in [5, 5.41) is 3.43.